The number of nitrogens with zero attached hydrogens (tertiary/aromatic N) is 1. The Hall–Kier alpha value is -2.24. The zero-order chi connectivity index (χ0) is 14.8. The quantitative estimate of drug-likeness (QED) is 0.786. The summed E-state index contributed by atoms with van der Waals surface area (Å²) < 4.78 is 15.4. The molecule has 0 bridgehead atoms. The van der Waals surface area contributed by atoms with Crippen molar-refractivity contribution in [3.05, 3.63) is 23.8 Å². The maximum absolute atomic E-state index is 11.7. The van der Waals surface area contributed by atoms with E-state index in [1.54, 1.807) is 33.3 Å². The van der Waals surface area contributed by atoms with Crippen molar-refractivity contribution >= 4 is 11.7 Å². The Kier molecular flexibility index (Phi) is 3.83. The molecule has 0 N–H and O–H groups in total. The van der Waals surface area contributed by atoms with Crippen molar-refractivity contribution in [2.75, 3.05) is 21.3 Å². The molecule has 1 atom stereocenters. The van der Waals surface area contributed by atoms with E-state index in [0.29, 0.717) is 22.8 Å². The van der Waals surface area contributed by atoms with Crippen LogP contribution in [0.3, 0.4) is 0 Å². The van der Waals surface area contributed by atoms with Gasteiger partial charge in [-0.25, -0.2) is 4.79 Å². The summed E-state index contributed by atoms with van der Waals surface area (Å²) in [5.74, 6) is 0.756. The van der Waals surface area contributed by atoms with E-state index < -0.39 is 11.6 Å². The SMILES string of the molecule is COC(=O)C1(C)CC(c2c(OC)cccc2OC)=NO1. The van der Waals surface area contributed by atoms with Crippen molar-refractivity contribution < 1.29 is 23.8 Å². The first-order valence-corrected chi connectivity index (χ1v) is 6.10. The molecular weight excluding hydrogens is 262 g/mol. The third-order valence-corrected chi connectivity index (χ3v) is 3.20. The third kappa shape index (κ3) is 2.29. The van der Waals surface area contributed by atoms with Gasteiger partial charge in [-0.2, -0.15) is 0 Å². The van der Waals surface area contributed by atoms with E-state index in [0.717, 1.165) is 0 Å². The number of carbonyl (C=O) groups is 1. The van der Waals surface area contributed by atoms with Gasteiger partial charge in [0, 0.05) is 6.42 Å². The van der Waals surface area contributed by atoms with Gasteiger partial charge in [-0.15, -0.1) is 0 Å². The van der Waals surface area contributed by atoms with Crippen LogP contribution in [-0.4, -0.2) is 38.6 Å². The highest BCUT2D eigenvalue weighted by Gasteiger charge is 2.44. The highest BCUT2D eigenvalue weighted by molar-refractivity contribution is 6.08. The van der Waals surface area contributed by atoms with Crippen LogP contribution in [0.2, 0.25) is 0 Å². The number of ether oxygens (including phenoxy) is 3. The molecule has 0 radical (unpaired) electrons. The normalized spacial score (nSPS) is 20.9. The average Bonchev–Trinajstić information content (AvgIpc) is 2.88. The van der Waals surface area contributed by atoms with Gasteiger partial charge in [-0.05, 0) is 19.1 Å². The molecular formula is C14H17NO5. The van der Waals surface area contributed by atoms with Crippen molar-refractivity contribution in [3.8, 4) is 11.5 Å². The highest BCUT2D eigenvalue weighted by atomic mass is 16.7. The molecule has 1 aromatic carbocycles. The van der Waals surface area contributed by atoms with E-state index in [1.165, 1.54) is 7.11 Å². The topological polar surface area (TPSA) is 66.4 Å². The molecule has 20 heavy (non-hydrogen) atoms. The predicted octanol–water partition coefficient (Wildman–Crippen LogP) is 1.76. The summed E-state index contributed by atoms with van der Waals surface area (Å²) in [6.07, 6.45) is 0.288. The van der Waals surface area contributed by atoms with Gasteiger partial charge in [-0.1, -0.05) is 11.2 Å². The van der Waals surface area contributed by atoms with Crippen LogP contribution in [0.15, 0.2) is 23.4 Å². The number of rotatable bonds is 4. The number of carbonyl (C=O) groups excluding carboxylic acids is 1. The summed E-state index contributed by atoms with van der Waals surface area (Å²) in [5.41, 5.74) is 0.160. The lowest BCUT2D eigenvalue weighted by atomic mass is 9.95. The Bertz CT molecular complexity index is 532. The van der Waals surface area contributed by atoms with Gasteiger partial charge in [-0.3, -0.25) is 0 Å². The van der Waals surface area contributed by atoms with Crippen molar-refractivity contribution in [1.29, 1.82) is 0 Å². The van der Waals surface area contributed by atoms with Crippen LogP contribution in [-0.2, 0) is 14.4 Å². The Morgan fingerprint density at radius 2 is 1.85 bits per heavy atom. The first kappa shape index (κ1) is 14.2. The molecule has 6 nitrogen and oxygen atoms in total. The van der Waals surface area contributed by atoms with Crippen molar-refractivity contribution in [3.63, 3.8) is 0 Å². The number of methoxy groups -OCH3 is 3. The van der Waals surface area contributed by atoms with E-state index in [9.17, 15) is 4.79 Å². The van der Waals surface area contributed by atoms with Crippen LogP contribution < -0.4 is 9.47 Å². The van der Waals surface area contributed by atoms with Gasteiger partial charge in [0.2, 0.25) is 5.60 Å². The van der Waals surface area contributed by atoms with Crippen molar-refractivity contribution in [2.45, 2.75) is 18.9 Å². The molecule has 1 heterocycles. The first-order chi connectivity index (χ1) is 9.55. The first-order valence-electron chi connectivity index (χ1n) is 6.10. The highest BCUT2D eigenvalue weighted by Crippen LogP contribution is 2.35. The largest absolute Gasteiger partial charge is 0.496 e. The van der Waals surface area contributed by atoms with E-state index in [1.807, 2.05) is 6.07 Å². The van der Waals surface area contributed by atoms with Crippen LogP contribution in [0, 0.1) is 0 Å². The molecule has 0 saturated heterocycles. The summed E-state index contributed by atoms with van der Waals surface area (Å²) in [6, 6.07) is 5.42. The lowest BCUT2D eigenvalue weighted by Gasteiger charge is -2.18. The Labute approximate surface area is 117 Å². The molecule has 108 valence electrons. The molecule has 6 heteroatoms. The minimum absolute atomic E-state index is 0.288. The molecule has 1 aromatic rings. The lowest BCUT2D eigenvalue weighted by Crippen LogP contribution is -2.36. The molecule has 0 aliphatic carbocycles. The number of oxime groups is 1. The standard InChI is InChI=1S/C14H17NO5/c1-14(13(16)19-4)8-9(15-20-14)12-10(17-2)6-5-7-11(12)18-3/h5-7H,8H2,1-4H3. The molecule has 0 saturated carbocycles. The molecule has 1 aliphatic rings. The maximum atomic E-state index is 11.7. The molecule has 0 amide bonds. The third-order valence-electron chi connectivity index (χ3n) is 3.20. The van der Waals surface area contributed by atoms with E-state index in [-0.39, 0.29) is 6.42 Å². The number of esters is 1. The minimum Gasteiger partial charge on any atom is -0.496 e. The van der Waals surface area contributed by atoms with Gasteiger partial charge >= 0.3 is 5.97 Å². The van der Waals surface area contributed by atoms with Gasteiger partial charge in [0.1, 0.15) is 11.5 Å². The zero-order valence-electron chi connectivity index (χ0n) is 11.9. The molecule has 1 aliphatic heterocycles. The van der Waals surface area contributed by atoms with Crippen LogP contribution in [0.5, 0.6) is 11.5 Å². The van der Waals surface area contributed by atoms with E-state index in [2.05, 4.69) is 5.16 Å². The molecule has 0 aromatic heterocycles. The zero-order valence-corrected chi connectivity index (χ0v) is 11.9. The van der Waals surface area contributed by atoms with Gasteiger partial charge in [0.15, 0.2) is 0 Å². The average molecular weight is 279 g/mol. The van der Waals surface area contributed by atoms with Crippen molar-refractivity contribution in [1.82, 2.24) is 0 Å². The second-order valence-corrected chi connectivity index (χ2v) is 4.57. The monoisotopic (exact) mass is 279 g/mol. The summed E-state index contributed by atoms with van der Waals surface area (Å²) in [5, 5.41) is 4.00. The molecule has 1 unspecified atom stereocenters. The summed E-state index contributed by atoms with van der Waals surface area (Å²) in [7, 11) is 4.45. The summed E-state index contributed by atoms with van der Waals surface area (Å²) >= 11 is 0. The lowest BCUT2D eigenvalue weighted by molar-refractivity contribution is -0.164. The number of hydrogen-bond acceptors (Lipinski definition) is 6. The second kappa shape index (κ2) is 5.40. The Morgan fingerprint density at radius 3 is 2.35 bits per heavy atom. The smallest absolute Gasteiger partial charge is 0.353 e. The van der Waals surface area contributed by atoms with Gasteiger partial charge in [0.25, 0.3) is 0 Å². The Balaban J connectivity index is 2.37. The second-order valence-electron chi connectivity index (χ2n) is 4.57. The van der Waals surface area contributed by atoms with Crippen LogP contribution in [0.4, 0.5) is 0 Å². The summed E-state index contributed by atoms with van der Waals surface area (Å²) in [4.78, 5) is 17.0. The Morgan fingerprint density at radius 1 is 1.25 bits per heavy atom. The number of hydrogen-bond donors (Lipinski definition) is 0. The van der Waals surface area contributed by atoms with Crippen LogP contribution >= 0.6 is 0 Å². The minimum atomic E-state index is -1.12. The van der Waals surface area contributed by atoms with Crippen molar-refractivity contribution in [2.24, 2.45) is 5.16 Å². The maximum Gasteiger partial charge on any atom is 0.353 e. The summed E-state index contributed by atoms with van der Waals surface area (Å²) in [6.45, 7) is 1.64. The van der Waals surface area contributed by atoms with Gasteiger partial charge in [0.05, 0.1) is 32.6 Å². The van der Waals surface area contributed by atoms with Crippen LogP contribution in [0.25, 0.3) is 0 Å². The molecule has 0 spiro atoms. The van der Waals surface area contributed by atoms with Gasteiger partial charge < -0.3 is 19.0 Å². The predicted molar refractivity (Wildman–Crippen MR) is 72.2 cm³/mol. The van der Waals surface area contributed by atoms with E-state index >= 15 is 0 Å². The van der Waals surface area contributed by atoms with E-state index in [4.69, 9.17) is 19.0 Å². The molecule has 2 rings (SSSR count). The fourth-order valence-corrected chi connectivity index (χ4v) is 2.13. The van der Waals surface area contributed by atoms with Crippen LogP contribution in [0.1, 0.15) is 18.9 Å². The number of benzene rings is 1. The fourth-order valence-electron chi connectivity index (χ4n) is 2.13. The fraction of sp³-hybridized carbons (Fsp3) is 0.429. The molecule has 0 fully saturated rings.